The Morgan fingerprint density at radius 3 is 2.64 bits per heavy atom. The number of nitrogens with zero attached hydrogens (tertiary/aromatic N) is 5. The van der Waals surface area contributed by atoms with Gasteiger partial charge >= 0.3 is 0 Å². The highest BCUT2D eigenvalue weighted by Crippen LogP contribution is 2.17. The molecule has 6 nitrogen and oxygen atoms in total. The van der Waals surface area contributed by atoms with Gasteiger partial charge in [0.05, 0.1) is 6.54 Å². The molecule has 0 aliphatic carbocycles. The third-order valence-electron chi connectivity index (χ3n) is 3.73. The van der Waals surface area contributed by atoms with Gasteiger partial charge in [-0.3, -0.25) is 4.79 Å². The van der Waals surface area contributed by atoms with E-state index in [2.05, 4.69) is 15.1 Å². The minimum absolute atomic E-state index is 0.136. The molecule has 1 aromatic carbocycles. The lowest BCUT2D eigenvalue weighted by molar-refractivity contribution is 0.0749. The van der Waals surface area contributed by atoms with E-state index in [-0.39, 0.29) is 18.0 Å². The van der Waals surface area contributed by atoms with Gasteiger partial charge in [-0.05, 0) is 31.2 Å². The maximum absolute atomic E-state index is 13.9. The van der Waals surface area contributed by atoms with Crippen molar-refractivity contribution in [2.24, 2.45) is 0 Å². The predicted octanol–water partition coefficient (Wildman–Crippen LogP) is 2.60. The number of aromatic nitrogens is 4. The smallest absolute Gasteiger partial charge is 0.254 e. The minimum Gasteiger partial charge on any atom is -0.334 e. The summed E-state index contributed by atoms with van der Waals surface area (Å²) in [6, 6.07) is 6.73. The van der Waals surface area contributed by atoms with Gasteiger partial charge in [-0.25, -0.2) is 23.4 Å². The van der Waals surface area contributed by atoms with E-state index < -0.39 is 11.6 Å². The zero-order valence-electron chi connectivity index (χ0n) is 13.4. The average molecular weight is 343 g/mol. The highest BCUT2D eigenvalue weighted by molar-refractivity contribution is 5.94. The van der Waals surface area contributed by atoms with Crippen molar-refractivity contribution in [3.63, 3.8) is 0 Å². The molecule has 3 aromatic rings. The number of carbonyl (C=O) groups is 1. The molecule has 0 aliphatic heterocycles. The molecule has 0 saturated heterocycles. The molecule has 25 heavy (non-hydrogen) atoms. The molecular weight excluding hydrogens is 328 g/mol. The van der Waals surface area contributed by atoms with E-state index in [4.69, 9.17) is 0 Å². The van der Waals surface area contributed by atoms with E-state index in [1.807, 2.05) is 0 Å². The summed E-state index contributed by atoms with van der Waals surface area (Å²) in [5.74, 6) is -1.28. The van der Waals surface area contributed by atoms with Crippen LogP contribution in [0.1, 0.15) is 22.8 Å². The van der Waals surface area contributed by atoms with Gasteiger partial charge in [-0.1, -0.05) is 6.07 Å². The van der Waals surface area contributed by atoms with Crippen LogP contribution in [0.15, 0.2) is 49.2 Å². The molecule has 2 heterocycles. The van der Waals surface area contributed by atoms with Crippen LogP contribution in [-0.2, 0) is 6.54 Å². The van der Waals surface area contributed by atoms with E-state index in [1.54, 1.807) is 19.1 Å². The third-order valence-corrected chi connectivity index (χ3v) is 3.73. The first-order valence-electron chi connectivity index (χ1n) is 7.63. The Bertz CT molecular complexity index is 862. The Morgan fingerprint density at radius 1 is 1.24 bits per heavy atom. The fourth-order valence-corrected chi connectivity index (χ4v) is 2.39. The Morgan fingerprint density at radius 2 is 2.00 bits per heavy atom. The molecule has 0 N–H and O–H groups in total. The average Bonchev–Trinajstić information content (AvgIpc) is 3.16. The standard InChI is InChI=1S/C17H15F2N5O/c1-2-23(9-13-14(18)4-3-5-15(13)19)17(25)12-6-7-21-16(8-12)24-11-20-10-22-24/h3-8,10-11H,2,9H2,1H3. The highest BCUT2D eigenvalue weighted by Gasteiger charge is 2.19. The summed E-state index contributed by atoms with van der Waals surface area (Å²) in [5, 5.41) is 3.96. The number of pyridine rings is 1. The SMILES string of the molecule is CCN(Cc1c(F)cccc1F)C(=O)c1ccnc(-n2cncn2)c1. The second kappa shape index (κ2) is 7.16. The van der Waals surface area contributed by atoms with Crippen LogP contribution in [0.25, 0.3) is 5.82 Å². The van der Waals surface area contributed by atoms with Crippen molar-refractivity contribution in [1.29, 1.82) is 0 Å². The lowest BCUT2D eigenvalue weighted by atomic mass is 10.1. The molecule has 0 saturated carbocycles. The topological polar surface area (TPSA) is 63.9 Å². The van der Waals surface area contributed by atoms with Gasteiger partial charge in [0.2, 0.25) is 0 Å². The largest absolute Gasteiger partial charge is 0.334 e. The Kier molecular flexibility index (Phi) is 4.78. The molecule has 128 valence electrons. The summed E-state index contributed by atoms with van der Waals surface area (Å²) in [6.07, 6.45) is 4.29. The summed E-state index contributed by atoms with van der Waals surface area (Å²) in [4.78, 5) is 22.1. The van der Waals surface area contributed by atoms with Crippen LogP contribution in [0, 0.1) is 11.6 Å². The fraction of sp³-hybridized carbons (Fsp3) is 0.176. The number of hydrogen-bond acceptors (Lipinski definition) is 4. The molecule has 0 fully saturated rings. The van der Waals surface area contributed by atoms with E-state index in [0.717, 1.165) is 0 Å². The highest BCUT2D eigenvalue weighted by atomic mass is 19.1. The van der Waals surface area contributed by atoms with Gasteiger partial charge in [0.15, 0.2) is 5.82 Å². The molecule has 8 heteroatoms. The summed E-state index contributed by atoms with van der Waals surface area (Å²) < 4.78 is 29.1. The molecular formula is C17H15F2N5O. The molecule has 3 rings (SSSR count). The van der Waals surface area contributed by atoms with Gasteiger partial charge in [-0.15, -0.1) is 0 Å². The number of benzene rings is 1. The Hall–Kier alpha value is -3.16. The predicted molar refractivity (Wildman–Crippen MR) is 85.9 cm³/mol. The number of carbonyl (C=O) groups excluding carboxylic acids is 1. The molecule has 0 radical (unpaired) electrons. The van der Waals surface area contributed by atoms with Crippen molar-refractivity contribution >= 4 is 5.91 Å². The lowest BCUT2D eigenvalue weighted by Crippen LogP contribution is -2.31. The Balaban J connectivity index is 1.87. The maximum Gasteiger partial charge on any atom is 0.254 e. The first-order valence-corrected chi connectivity index (χ1v) is 7.63. The van der Waals surface area contributed by atoms with Crippen molar-refractivity contribution in [2.75, 3.05) is 6.54 Å². The van der Waals surface area contributed by atoms with Crippen LogP contribution < -0.4 is 0 Å². The molecule has 0 atom stereocenters. The second-order valence-corrected chi connectivity index (χ2v) is 5.26. The van der Waals surface area contributed by atoms with Crippen molar-refractivity contribution in [1.82, 2.24) is 24.6 Å². The number of hydrogen-bond donors (Lipinski definition) is 0. The quantitative estimate of drug-likeness (QED) is 0.714. The molecule has 0 unspecified atom stereocenters. The van der Waals surface area contributed by atoms with E-state index in [0.29, 0.717) is 17.9 Å². The number of halogens is 2. The fourth-order valence-electron chi connectivity index (χ4n) is 2.39. The molecule has 0 spiro atoms. The van der Waals surface area contributed by atoms with Crippen molar-refractivity contribution < 1.29 is 13.6 Å². The first-order chi connectivity index (χ1) is 12.1. The summed E-state index contributed by atoms with van der Waals surface area (Å²) >= 11 is 0. The lowest BCUT2D eigenvalue weighted by Gasteiger charge is -2.21. The Labute approximate surface area is 142 Å². The van der Waals surface area contributed by atoms with E-state index in [1.165, 1.54) is 46.6 Å². The number of amides is 1. The van der Waals surface area contributed by atoms with Gasteiger partial charge in [-0.2, -0.15) is 5.10 Å². The summed E-state index contributed by atoms with van der Waals surface area (Å²) in [6.45, 7) is 1.89. The minimum atomic E-state index is -0.677. The van der Waals surface area contributed by atoms with Gasteiger partial charge in [0.25, 0.3) is 5.91 Å². The van der Waals surface area contributed by atoms with Crippen LogP contribution in [0.3, 0.4) is 0 Å². The molecule has 2 aromatic heterocycles. The summed E-state index contributed by atoms with van der Waals surface area (Å²) in [5.41, 5.74) is 0.211. The maximum atomic E-state index is 13.9. The molecule has 1 amide bonds. The van der Waals surface area contributed by atoms with Gasteiger partial charge in [0, 0.05) is 23.9 Å². The normalized spacial score (nSPS) is 10.7. The van der Waals surface area contributed by atoms with Crippen molar-refractivity contribution in [2.45, 2.75) is 13.5 Å². The van der Waals surface area contributed by atoms with Crippen LogP contribution in [0.2, 0.25) is 0 Å². The van der Waals surface area contributed by atoms with Gasteiger partial charge < -0.3 is 4.90 Å². The second-order valence-electron chi connectivity index (χ2n) is 5.26. The first kappa shape index (κ1) is 16.7. The zero-order valence-corrected chi connectivity index (χ0v) is 13.4. The van der Waals surface area contributed by atoms with E-state index in [9.17, 15) is 13.6 Å². The van der Waals surface area contributed by atoms with Crippen molar-refractivity contribution in [3.05, 3.63) is 71.9 Å². The molecule has 0 aliphatic rings. The zero-order chi connectivity index (χ0) is 17.8. The van der Waals surface area contributed by atoms with E-state index >= 15 is 0 Å². The van der Waals surface area contributed by atoms with Crippen molar-refractivity contribution in [3.8, 4) is 5.82 Å². The van der Waals surface area contributed by atoms with Crippen LogP contribution in [-0.4, -0.2) is 37.1 Å². The monoisotopic (exact) mass is 343 g/mol. The molecule has 0 bridgehead atoms. The third kappa shape index (κ3) is 3.52. The van der Waals surface area contributed by atoms with Crippen LogP contribution in [0.4, 0.5) is 8.78 Å². The van der Waals surface area contributed by atoms with Gasteiger partial charge in [0.1, 0.15) is 24.3 Å². The van der Waals surface area contributed by atoms with Crippen LogP contribution >= 0.6 is 0 Å². The summed E-state index contributed by atoms with van der Waals surface area (Å²) in [7, 11) is 0. The number of rotatable bonds is 5. The van der Waals surface area contributed by atoms with Crippen LogP contribution in [0.5, 0.6) is 0 Å².